The van der Waals surface area contributed by atoms with Crippen LogP contribution in [0.3, 0.4) is 0 Å². The van der Waals surface area contributed by atoms with Crippen molar-refractivity contribution in [3.05, 3.63) is 64.3 Å². The molecule has 1 saturated heterocycles. The molecule has 0 spiro atoms. The number of nitrogens with two attached hydrogens (primary N) is 1. The Labute approximate surface area is 193 Å². The van der Waals surface area contributed by atoms with Gasteiger partial charge in [-0.25, -0.2) is 0 Å². The lowest BCUT2D eigenvalue weighted by atomic mass is 9.90. The summed E-state index contributed by atoms with van der Waals surface area (Å²) in [5.74, 6) is 0.00182. The molecular formula is C25H28ClN3OS. The molecule has 4 rings (SSSR count). The Balaban J connectivity index is 1.57. The monoisotopic (exact) mass is 453 g/mol. The number of pyridine rings is 1. The largest absolute Gasteiger partial charge is 0.337 e. The van der Waals surface area contributed by atoms with Crippen molar-refractivity contribution in [2.75, 3.05) is 13.1 Å². The molecule has 0 unspecified atom stereocenters. The molecule has 1 fully saturated rings. The predicted octanol–water partition coefficient (Wildman–Crippen LogP) is 5.99. The van der Waals surface area contributed by atoms with Crippen molar-refractivity contribution in [2.24, 2.45) is 5.73 Å². The number of rotatable bonds is 3. The highest BCUT2D eigenvalue weighted by Gasteiger charge is 2.23. The number of aromatic nitrogens is 1. The predicted molar refractivity (Wildman–Crippen MR) is 130 cm³/mol. The Bertz CT molecular complexity index is 1100. The van der Waals surface area contributed by atoms with Crippen LogP contribution < -0.4 is 5.73 Å². The molecular weight excluding hydrogens is 426 g/mol. The van der Waals surface area contributed by atoms with Crippen molar-refractivity contribution < 1.29 is 4.79 Å². The Morgan fingerprint density at radius 3 is 2.71 bits per heavy atom. The van der Waals surface area contributed by atoms with Gasteiger partial charge in [-0.2, -0.15) is 0 Å². The quantitative estimate of drug-likeness (QED) is 0.529. The zero-order chi connectivity index (χ0) is 22.2. The van der Waals surface area contributed by atoms with Gasteiger partial charge in [0.25, 0.3) is 5.91 Å². The molecule has 2 N–H and O–H groups in total. The normalized spacial score (nSPS) is 17.1. The molecule has 1 aliphatic heterocycles. The van der Waals surface area contributed by atoms with Crippen LogP contribution in [0.2, 0.25) is 5.02 Å². The molecule has 1 amide bonds. The number of benzene rings is 1. The summed E-state index contributed by atoms with van der Waals surface area (Å²) in [5.41, 5.74) is 10.9. The minimum Gasteiger partial charge on any atom is -0.337 e. The van der Waals surface area contributed by atoms with Gasteiger partial charge in [-0.15, -0.1) is 11.3 Å². The average Bonchev–Trinajstić information content (AvgIpc) is 3.22. The van der Waals surface area contributed by atoms with Crippen molar-refractivity contribution in [3.8, 4) is 21.6 Å². The number of nitrogens with zero attached hydrogens (tertiary/aromatic N) is 2. The number of carbonyl (C=O) groups is 1. The SMILES string of the molecule is CC(C)(C)c1cc(-c2csc(-c3ccc(C(=O)N4CCC[C@H](N)C4)cc3Cl)c2)ccn1. The summed E-state index contributed by atoms with van der Waals surface area (Å²) in [6, 6.07) is 12.0. The number of halogens is 1. The summed E-state index contributed by atoms with van der Waals surface area (Å²) in [7, 11) is 0. The van der Waals surface area contributed by atoms with Gasteiger partial charge in [-0.3, -0.25) is 9.78 Å². The van der Waals surface area contributed by atoms with Gasteiger partial charge in [-0.1, -0.05) is 38.4 Å². The summed E-state index contributed by atoms with van der Waals surface area (Å²) in [5, 5.41) is 2.73. The van der Waals surface area contributed by atoms with Gasteiger partial charge in [0, 0.05) is 52.4 Å². The van der Waals surface area contributed by atoms with Crippen molar-refractivity contribution in [1.82, 2.24) is 9.88 Å². The summed E-state index contributed by atoms with van der Waals surface area (Å²) in [6.07, 6.45) is 3.79. The molecule has 0 radical (unpaired) electrons. The molecule has 0 aliphatic carbocycles. The minimum atomic E-state index is -0.00118. The fraction of sp³-hybridized carbons (Fsp3) is 0.360. The summed E-state index contributed by atoms with van der Waals surface area (Å²) in [6.45, 7) is 7.85. The van der Waals surface area contributed by atoms with Gasteiger partial charge in [0.2, 0.25) is 0 Å². The lowest BCUT2D eigenvalue weighted by Crippen LogP contribution is -2.45. The van der Waals surface area contributed by atoms with Gasteiger partial charge in [0.15, 0.2) is 0 Å². The van der Waals surface area contributed by atoms with Gasteiger partial charge < -0.3 is 10.6 Å². The molecule has 3 aromatic rings. The third-order valence-corrected chi connectivity index (χ3v) is 6.96. The van der Waals surface area contributed by atoms with Crippen LogP contribution in [0.1, 0.15) is 49.7 Å². The zero-order valence-electron chi connectivity index (χ0n) is 18.2. The molecule has 162 valence electrons. The Kier molecular flexibility index (Phi) is 6.20. The van der Waals surface area contributed by atoms with Crippen LogP contribution >= 0.6 is 22.9 Å². The van der Waals surface area contributed by atoms with Gasteiger partial charge >= 0.3 is 0 Å². The van der Waals surface area contributed by atoms with E-state index in [2.05, 4.69) is 43.3 Å². The Hall–Kier alpha value is -2.21. The summed E-state index contributed by atoms with van der Waals surface area (Å²) < 4.78 is 0. The number of carbonyl (C=O) groups excluding carboxylic acids is 1. The van der Waals surface area contributed by atoms with E-state index in [1.54, 1.807) is 17.4 Å². The first-order valence-electron chi connectivity index (χ1n) is 10.6. The lowest BCUT2D eigenvalue weighted by molar-refractivity contribution is 0.0709. The standard InChI is InChI=1S/C25H28ClN3OS/c1-25(2,3)23-13-16(8-9-28-23)18-12-22(31-15-18)20-7-6-17(11-21(20)26)24(30)29-10-4-5-19(27)14-29/h6-9,11-13,15,19H,4-5,10,14,27H2,1-3H3/t19-/m0/s1. The van der Waals surface area contributed by atoms with Crippen LogP contribution in [0.15, 0.2) is 48.0 Å². The molecule has 31 heavy (non-hydrogen) atoms. The van der Waals surface area contributed by atoms with E-state index in [0.29, 0.717) is 17.1 Å². The number of piperidine rings is 1. The topological polar surface area (TPSA) is 59.2 Å². The highest BCUT2D eigenvalue weighted by atomic mass is 35.5. The number of amides is 1. The van der Waals surface area contributed by atoms with Gasteiger partial charge in [0.05, 0.1) is 5.02 Å². The summed E-state index contributed by atoms with van der Waals surface area (Å²) >= 11 is 8.27. The van der Waals surface area contributed by atoms with E-state index in [9.17, 15) is 4.79 Å². The van der Waals surface area contributed by atoms with Gasteiger partial charge in [-0.05, 0) is 59.7 Å². The van der Waals surface area contributed by atoms with Crippen molar-refractivity contribution in [2.45, 2.75) is 45.1 Å². The molecule has 1 aromatic carbocycles. The van der Waals surface area contributed by atoms with E-state index in [4.69, 9.17) is 17.3 Å². The number of likely N-dealkylation sites (tertiary alicyclic amines) is 1. The molecule has 0 saturated carbocycles. The van der Waals surface area contributed by atoms with E-state index in [0.717, 1.165) is 46.6 Å². The number of thiophene rings is 1. The van der Waals surface area contributed by atoms with Crippen LogP contribution in [-0.2, 0) is 5.41 Å². The van der Waals surface area contributed by atoms with E-state index in [1.807, 2.05) is 29.3 Å². The molecule has 1 atom stereocenters. The highest BCUT2D eigenvalue weighted by molar-refractivity contribution is 7.14. The Morgan fingerprint density at radius 2 is 2.00 bits per heavy atom. The zero-order valence-corrected chi connectivity index (χ0v) is 19.8. The van der Waals surface area contributed by atoms with Crippen LogP contribution in [0.5, 0.6) is 0 Å². The molecule has 6 heteroatoms. The van der Waals surface area contributed by atoms with Crippen LogP contribution in [0.4, 0.5) is 0 Å². The van der Waals surface area contributed by atoms with Crippen LogP contribution in [0, 0.1) is 0 Å². The first-order valence-corrected chi connectivity index (χ1v) is 11.9. The van der Waals surface area contributed by atoms with Gasteiger partial charge in [0.1, 0.15) is 0 Å². The van der Waals surface area contributed by atoms with Crippen LogP contribution in [-0.4, -0.2) is 34.9 Å². The van der Waals surface area contributed by atoms with E-state index >= 15 is 0 Å². The maximum absolute atomic E-state index is 12.9. The third kappa shape index (κ3) is 4.84. The van der Waals surface area contributed by atoms with Crippen molar-refractivity contribution in [1.29, 1.82) is 0 Å². The van der Waals surface area contributed by atoms with Crippen molar-refractivity contribution >= 4 is 28.8 Å². The van der Waals surface area contributed by atoms with Crippen LogP contribution in [0.25, 0.3) is 21.6 Å². The summed E-state index contributed by atoms with van der Waals surface area (Å²) in [4.78, 5) is 20.3. The number of hydrogen-bond donors (Lipinski definition) is 1. The van der Waals surface area contributed by atoms with E-state index in [1.165, 1.54) is 0 Å². The first-order chi connectivity index (χ1) is 14.7. The maximum atomic E-state index is 12.9. The highest BCUT2D eigenvalue weighted by Crippen LogP contribution is 2.37. The molecule has 0 bridgehead atoms. The third-order valence-electron chi connectivity index (χ3n) is 5.69. The molecule has 1 aliphatic rings. The number of hydrogen-bond acceptors (Lipinski definition) is 4. The second-order valence-electron chi connectivity index (χ2n) is 9.23. The smallest absolute Gasteiger partial charge is 0.253 e. The minimum absolute atomic E-state index is 0.00118. The Morgan fingerprint density at radius 1 is 1.19 bits per heavy atom. The molecule has 4 nitrogen and oxygen atoms in total. The molecule has 3 heterocycles. The van der Waals surface area contributed by atoms with E-state index < -0.39 is 0 Å². The maximum Gasteiger partial charge on any atom is 0.253 e. The fourth-order valence-corrected chi connectivity index (χ4v) is 5.17. The van der Waals surface area contributed by atoms with Crippen molar-refractivity contribution in [3.63, 3.8) is 0 Å². The lowest BCUT2D eigenvalue weighted by Gasteiger charge is -2.30. The second-order valence-corrected chi connectivity index (χ2v) is 10.5. The second kappa shape index (κ2) is 8.73. The fourth-order valence-electron chi connectivity index (χ4n) is 3.87. The average molecular weight is 454 g/mol. The van der Waals surface area contributed by atoms with E-state index in [-0.39, 0.29) is 17.4 Å². The first kappa shape index (κ1) is 22.0. The molecule has 2 aromatic heterocycles.